The Hall–Kier alpha value is -2.22. The fourth-order valence-corrected chi connectivity index (χ4v) is 3.91. The highest BCUT2D eigenvalue weighted by atomic mass is 79.9. The molecule has 2 fully saturated rings. The number of carbonyl (C=O) groups excluding carboxylic acids is 4. The largest absolute Gasteiger partial charge is 0.348 e. The van der Waals surface area contributed by atoms with E-state index >= 15 is 0 Å². The standard InChI is InChI=1S/C19H22BrN3O4/c1-2-15(12-7-9-13(20)10-8-12)21-16(24)11-22-17(25)18(26)23(19(22)27)14-5-3-4-6-14/h7-10,14-15H,2-6,11H2,1H3,(H,21,24). The molecule has 0 aromatic heterocycles. The first-order valence-electron chi connectivity index (χ1n) is 9.16. The molecule has 5 amide bonds. The van der Waals surface area contributed by atoms with Crippen LogP contribution in [0, 0.1) is 0 Å². The van der Waals surface area contributed by atoms with Crippen molar-refractivity contribution in [3.63, 3.8) is 0 Å². The van der Waals surface area contributed by atoms with E-state index in [-0.39, 0.29) is 12.1 Å². The lowest BCUT2D eigenvalue weighted by Gasteiger charge is -2.22. The van der Waals surface area contributed by atoms with Crippen LogP contribution in [0.4, 0.5) is 4.79 Å². The van der Waals surface area contributed by atoms with Gasteiger partial charge in [-0.05, 0) is 37.0 Å². The van der Waals surface area contributed by atoms with Gasteiger partial charge in [0.15, 0.2) is 0 Å². The summed E-state index contributed by atoms with van der Waals surface area (Å²) >= 11 is 3.37. The predicted octanol–water partition coefficient (Wildman–Crippen LogP) is 2.75. The van der Waals surface area contributed by atoms with Gasteiger partial charge in [-0.25, -0.2) is 9.69 Å². The Balaban J connectivity index is 1.65. The molecule has 0 bridgehead atoms. The molecule has 1 unspecified atom stereocenters. The van der Waals surface area contributed by atoms with Crippen molar-refractivity contribution in [2.75, 3.05) is 6.54 Å². The highest BCUT2D eigenvalue weighted by Gasteiger charge is 2.48. The van der Waals surface area contributed by atoms with Gasteiger partial charge in [0.05, 0.1) is 6.04 Å². The Morgan fingerprint density at radius 1 is 1.15 bits per heavy atom. The monoisotopic (exact) mass is 435 g/mol. The van der Waals surface area contributed by atoms with Gasteiger partial charge in [0.2, 0.25) is 5.91 Å². The number of carbonyl (C=O) groups is 4. The normalized spacial score (nSPS) is 19.1. The Kier molecular flexibility index (Phi) is 5.94. The van der Waals surface area contributed by atoms with Crippen molar-refractivity contribution in [3.8, 4) is 0 Å². The molecule has 1 heterocycles. The van der Waals surface area contributed by atoms with Gasteiger partial charge < -0.3 is 5.32 Å². The summed E-state index contributed by atoms with van der Waals surface area (Å²) in [6.07, 6.45) is 3.95. The Bertz CT molecular complexity index is 759. The number of nitrogens with one attached hydrogen (secondary N) is 1. The van der Waals surface area contributed by atoms with Crippen LogP contribution in [0.5, 0.6) is 0 Å². The fourth-order valence-electron chi connectivity index (χ4n) is 3.65. The minimum absolute atomic E-state index is 0.229. The molecule has 1 atom stereocenters. The van der Waals surface area contributed by atoms with Crippen LogP contribution in [-0.4, -0.2) is 46.1 Å². The average Bonchev–Trinajstić information content (AvgIpc) is 3.24. The van der Waals surface area contributed by atoms with Crippen LogP contribution in [0.3, 0.4) is 0 Å². The molecule has 1 N–H and O–H groups in total. The Morgan fingerprint density at radius 2 is 1.78 bits per heavy atom. The molecule has 1 saturated carbocycles. The highest BCUT2D eigenvalue weighted by Crippen LogP contribution is 2.27. The molecule has 8 heteroatoms. The Morgan fingerprint density at radius 3 is 2.37 bits per heavy atom. The van der Waals surface area contributed by atoms with Crippen molar-refractivity contribution in [2.24, 2.45) is 0 Å². The molecule has 0 spiro atoms. The zero-order valence-electron chi connectivity index (χ0n) is 15.1. The number of amides is 5. The molecule has 1 aromatic carbocycles. The van der Waals surface area contributed by atoms with Gasteiger partial charge >= 0.3 is 17.8 Å². The first-order valence-corrected chi connectivity index (χ1v) is 9.95. The van der Waals surface area contributed by atoms with Gasteiger partial charge in [0, 0.05) is 10.5 Å². The summed E-state index contributed by atoms with van der Waals surface area (Å²) in [6, 6.07) is 6.43. The molecule has 1 aliphatic carbocycles. The highest BCUT2D eigenvalue weighted by molar-refractivity contribution is 9.10. The van der Waals surface area contributed by atoms with E-state index in [9.17, 15) is 19.2 Å². The van der Waals surface area contributed by atoms with Crippen molar-refractivity contribution >= 4 is 39.7 Å². The maximum absolute atomic E-state index is 12.5. The van der Waals surface area contributed by atoms with Crippen LogP contribution < -0.4 is 5.32 Å². The van der Waals surface area contributed by atoms with Crippen molar-refractivity contribution in [2.45, 2.75) is 51.1 Å². The average molecular weight is 436 g/mol. The number of hydrogen-bond donors (Lipinski definition) is 1. The molecule has 3 rings (SSSR count). The molecule has 27 heavy (non-hydrogen) atoms. The predicted molar refractivity (Wildman–Crippen MR) is 102 cm³/mol. The van der Waals surface area contributed by atoms with Crippen molar-refractivity contribution in [3.05, 3.63) is 34.3 Å². The molecule has 1 saturated heterocycles. The zero-order valence-corrected chi connectivity index (χ0v) is 16.7. The lowest BCUT2D eigenvalue weighted by molar-refractivity contribution is -0.144. The lowest BCUT2D eigenvalue weighted by atomic mass is 10.0. The lowest BCUT2D eigenvalue weighted by Crippen LogP contribution is -2.43. The van der Waals surface area contributed by atoms with Gasteiger partial charge in [-0.2, -0.15) is 0 Å². The molecule has 0 radical (unpaired) electrons. The summed E-state index contributed by atoms with van der Waals surface area (Å²) in [5.41, 5.74) is 0.928. The second-order valence-corrected chi connectivity index (χ2v) is 7.78. The molecule has 144 valence electrons. The summed E-state index contributed by atoms with van der Waals surface area (Å²) in [6.45, 7) is 1.49. The van der Waals surface area contributed by atoms with Crippen molar-refractivity contribution in [1.29, 1.82) is 0 Å². The number of nitrogens with zero attached hydrogens (tertiary/aromatic N) is 2. The van der Waals surface area contributed by atoms with Gasteiger partial charge in [-0.3, -0.25) is 19.3 Å². The first kappa shape index (κ1) is 19.5. The number of urea groups is 1. The number of imide groups is 2. The minimum atomic E-state index is -0.918. The van der Waals surface area contributed by atoms with Crippen molar-refractivity contribution < 1.29 is 19.2 Å². The van der Waals surface area contributed by atoms with Crippen LogP contribution in [0.25, 0.3) is 0 Å². The van der Waals surface area contributed by atoms with E-state index in [1.165, 1.54) is 0 Å². The molecular formula is C19H22BrN3O4. The van der Waals surface area contributed by atoms with Crippen LogP contribution in [0.15, 0.2) is 28.7 Å². The van der Waals surface area contributed by atoms with Crippen LogP contribution in [0.1, 0.15) is 50.6 Å². The number of hydrogen-bond acceptors (Lipinski definition) is 4. The van der Waals surface area contributed by atoms with Gasteiger partial charge in [0.1, 0.15) is 6.54 Å². The Labute approximate surface area is 166 Å². The second kappa shape index (κ2) is 8.21. The van der Waals surface area contributed by atoms with Crippen LogP contribution in [-0.2, 0) is 14.4 Å². The third kappa shape index (κ3) is 4.05. The number of halogens is 1. The van der Waals surface area contributed by atoms with Gasteiger partial charge in [-0.15, -0.1) is 0 Å². The van der Waals surface area contributed by atoms with Crippen LogP contribution in [0.2, 0.25) is 0 Å². The molecule has 1 aromatic rings. The fraction of sp³-hybridized carbons (Fsp3) is 0.474. The van der Waals surface area contributed by atoms with Crippen molar-refractivity contribution in [1.82, 2.24) is 15.1 Å². The van der Waals surface area contributed by atoms with E-state index in [1.807, 2.05) is 31.2 Å². The van der Waals surface area contributed by atoms with Gasteiger partial charge in [0.25, 0.3) is 0 Å². The van der Waals surface area contributed by atoms with Crippen LogP contribution >= 0.6 is 15.9 Å². The summed E-state index contributed by atoms with van der Waals surface area (Å²) in [5, 5.41) is 2.84. The minimum Gasteiger partial charge on any atom is -0.348 e. The number of rotatable bonds is 6. The second-order valence-electron chi connectivity index (χ2n) is 6.87. The molecular weight excluding hydrogens is 414 g/mol. The van der Waals surface area contributed by atoms with E-state index < -0.39 is 30.3 Å². The SMILES string of the molecule is CCC(NC(=O)CN1C(=O)C(=O)N(C2CCCC2)C1=O)c1ccc(Br)cc1. The smallest absolute Gasteiger partial charge is 0.334 e. The maximum atomic E-state index is 12.5. The summed E-state index contributed by atoms with van der Waals surface area (Å²) in [7, 11) is 0. The van der Waals surface area contributed by atoms with E-state index in [2.05, 4.69) is 21.2 Å². The van der Waals surface area contributed by atoms with Gasteiger partial charge in [-0.1, -0.05) is 47.8 Å². The summed E-state index contributed by atoms with van der Waals surface area (Å²) < 4.78 is 0.936. The van der Waals surface area contributed by atoms with E-state index in [0.29, 0.717) is 19.3 Å². The van der Waals surface area contributed by atoms with E-state index in [0.717, 1.165) is 32.7 Å². The summed E-state index contributed by atoms with van der Waals surface area (Å²) in [5.74, 6) is -2.20. The third-order valence-electron chi connectivity index (χ3n) is 5.09. The third-order valence-corrected chi connectivity index (χ3v) is 5.62. The van der Waals surface area contributed by atoms with E-state index in [1.54, 1.807) is 0 Å². The zero-order chi connectivity index (χ0) is 19.6. The molecule has 1 aliphatic heterocycles. The molecule has 2 aliphatic rings. The summed E-state index contributed by atoms with van der Waals surface area (Å²) in [4.78, 5) is 51.2. The topological polar surface area (TPSA) is 86.8 Å². The maximum Gasteiger partial charge on any atom is 0.334 e. The molecule has 7 nitrogen and oxygen atoms in total. The first-order chi connectivity index (χ1) is 12.9. The number of benzene rings is 1. The quantitative estimate of drug-likeness (QED) is 0.549. The van der Waals surface area contributed by atoms with E-state index in [4.69, 9.17) is 0 Å².